The highest BCUT2D eigenvalue weighted by molar-refractivity contribution is 5.81. The first kappa shape index (κ1) is 18.7. The van der Waals surface area contributed by atoms with Gasteiger partial charge in [-0.2, -0.15) is 5.10 Å². The van der Waals surface area contributed by atoms with Crippen LogP contribution in [0, 0.1) is 5.92 Å². The Morgan fingerprint density at radius 2 is 1.82 bits per heavy atom. The maximum Gasteiger partial charge on any atom is 0.226 e. The van der Waals surface area contributed by atoms with Crippen molar-refractivity contribution >= 4 is 11.8 Å². The Kier molecular flexibility index (Phi) is 5.74. The minimum absolute atomic E-state index is 0.0293. The molecule has 0 radical (unpaired) electrons. The number of rotatable bonds is 5. The smallest absolute Gasteiger partial charge is 0.226 e. The van der Waals surface area contributed by atoms with Crippen molar-refractivity contribution in [2.24, 2.45) is 5.92 Å². The van der Waals surface area contributed by atoms with E-state index in [1.807, 2.05) is 34.1 Å². The van der Waals surface area contributed by atoms with Gasteiger partial charge in [0, 0.05) is 38.2 Å². The molecular weight excluding hydrogens is 352 g/mol. The molecule has 1 N–H and O–H groups in total. The van der Waals surface area contributed by atoms with Gasteiger partial charge in [0.05, 0.1) is 11.7 Å². The standard InChI is InChI=1S/C22H28N4O2/c27-21(9-8-17-5-2-1-3-6-17)25-15-11-18(12-16-25)22(28)26-14-4-7-20(26)19-10-13-23-24-19/h1-3,5-6,10,13,18,20H,4,7-9,11-12,14-16H2,(H,23,24). The summed E-state index contributed by atoms with van der Waals surface area (Å²) in [5.74, 6) is 0.474. The lowest BCUT2D eigenvalue weighted by atomic mass is 9.94. The largest absolute Gasteiger partial charge is 0.343 e. The molecule has 2 amide bonds. The van der Waals surface area contributed by atoms with E-state index in [2.05, 4.69) is 22.3 Å². The number of H-pyrrole nitrogens is 1. The number of aromatic amines is 1. The summed E-state index contributed by atoms with van der Waals surface area (Å²) in [7, 11) is 0. The van der Waals surface area contributed by atoms with Gasteiger partial charge in [0.2, 0.25) is 11.8 Å². The predicted molar refractivity (Wildman–Crippen MR) is 106 cm³/mol. The van der Waals surface area contributed by atoms with E-state index in [9.17, 15) is 9.59 Å². The van der Waals surface area contributed by atoms with Crippen LogP contribution in [0.15, 0.2) is 42.6 Å². The Morgan fingerprint density at radius 1 is 1.04 bits per heavy atom. The summed E-state index contributed by atoms with van der Waals surface area (Å²) in [4.78, 5) is 29.6. The van der Waals surface area contributed by atoms with Crippen LogP contribution < -0.4 is 0 Å². The van der Waals surface area contributed by atoms with Crippen LogP contribution in [0.4, 0.5) is 0 Å². The van der Waals surface area contributed by atoms with E-state index in [1.54, 1.807) is 6.20 Å². The lowest BCUT2D eigenvalue weighted by Crippen LogP contribution is -2.44. The van der Waals surface area contributed by atoms with Crippen molar-refractivity contribution in [3.05, 3.63) is 53.9 Å². The number of piperidine rings is 1. The molecular formula is C22H28N4O2. The molecule has 4 rings (SSSR count). The first-order chi connectivity index (χ1) is 13.7. The first-order valence-corrected chi connectivity index (χ1v) is 10.3. The highest BCUT2D eigenvalue weighted by Crippen LogP contribution is 2.33. The summed E-state index contributed by atoms with van der Waals surface area (Å²) in [5, 5.41) is 7.05. The number of likely N-dealkylation sites (tertiary alicyclic amines) is 2. The molecule has 1 atom stereocenters. The second-order valence-electron chi connectivity index (χ2n) is 7.84. The Morgan fingerprint density at radius 3 is 2.54 bits per heavy atom. The molecule has 148 valence electrons. The number of carbonyl (C=O) groups excluding carboxylic acids is 2. The number of hydrogen-bond donors (Lipinski definition) is 1. The summed E-state index contributed by atoms with van der Waals surface area (Å²) in [6.07, 6.45) is 6.62. The van der Waals surface area contributed by atoms with Crippen molar-refractivity contribution in [2.75, 3.05) is 19.6 Å². The fraction of sp³-hybridized carbons (Fsp3) is 0.500. The van der Waals surface area contributed by atoms with Crippen LogP contribution in [0.5, 0.6) is 0 Å². The highest BCUT2D eigenvalue weighted by Gasteiger charge is 2.36. The number of benzene rings is 1. The zero-order valence-corrected chi connectivity index (χ0v) is 16.2. The molecule has 0 aliphatic carbocycles. The maximum absolute atomic E-state index is 13.1. The van der Waals surface area contributed by atoms with E-state index < -0.39 is 0 Å². The molecule has 6 nitrogen and oxygen atoms in total. The van der Waals surface area contributed by atoms with Crippen molar-refractivity contribution in [1.82, 2.24) is 20.0 Å². The number of aryl methyl sites for hydroxylation is 1. The van der Waals surface area contributed by atoms with E-state index in [1.165, 1.54) is 5.56 Å². The predicted octanol–water partition coefficient (Wildman–Crippen LogP) is 2.94. The molecule has 2 fully saturated rings. The molecule has 3 heterocycles. The fourth-order valence-electron chi connectivity index (χ4n) is 4.47. The molecule has 0 saturated carbocycles. The fourth-order valence-corrected chi connectivity index (χ4v) is 4.47. The monoisotopic (exact) mass is 380 g/mol. The summed E-state index contributed by atoms with van der Waals surface area (Å²) in [5.41, 5.74) is 2.22. The quantitative estimate of drug-likeness (QED) is 0.867. The van der Waals surface area contributed by atoms with Gasteiger partial charge in [-0.1, -0.05) is 30.3 Å². The average molecular weight is 380 g/mol. The second-order valence-corrected chi connectivity index (χ2v) is 7.84. The second kappa shape index (κ2) is 8.59. The number of carbonyl (C=O) groups is 2. The van der Waals surface area contributed by atoms with Gasteiger partial charge in [0.15, 0.2) is 0 Å². The van der Waals surface area contributed by atoms with Crippen molar-refractivity contribution in [3.8, 4) is 0 Å². The van der Waals surface area contributed by atoms with Crippen LogP contribution in [-0.2, 0) is 16.0 Å². The van der Waals surface area contributed by atoms with E-state index in [0.29, 0.717) is 19.5 Å². The molecule has 0 spiro atoms. The van der Waals surface area contributed by atoms with Crippen LogP contribution in [0.1, 0.15) is 49.4 Å². The Hall–Kier alpha value is -2.63. The third-order valence-electron chi connectivity index (χ3n) is 6.08. The number of hydrogen-bond acceptors (Lipinski definition) is 3. The van der Waals surface area contributed by atoms with Gasteiger partial charge >= 0.3 is 0 Å². The summed E-state index contributed by atoms with van der Waals surface area (Å²) < 4.78 is 0. The minimum Gasteiger partial charge on any atom is -0.343 e. The molecule has 28 heavy (non-hydrogen) atoms. The number of nitrogens with one attached hydrogen (secondary N) is 1. The molecule has 2 aliphatic rings. The van der Waals surface area contributed by atoms with Crippen molar-refractivity contribution < 1.29 is 9.59 Å². The van der Waals surface area contributed by atoms with Gasteiger partial charge in [-0.05, 0) is 43.7 Å². The highest BCUT2D eigenvalue weighted by atomic mass is 16.2. The third kappa shape index (κ3) is 4.11. The van der Waals surface area contributed by atoms with E-state index in [4.69, 9.17) is 0 Å². The lowest BCUT2D eigenvalue weighted by molar-refractivity contribution is -0.141. The number of nitrogens with zero attached hydrogens (tertiary/aromatic N) is 3. The van der Waals surface area contributed by atoms with Crippen LogP contribution in [-0.4, -0.2) is 51.4 Å². The Balaban J connectivity index is 1.27. The number of amides is 2. The molecule has 6 heteroatoms. The van der Waals surface area contributed by atoms with Crippen molar-refractivity contribution in [2.45, 2.75) is 44.6 Å². The zero-order valence-electron chi connectivity index (χ0n) is 16.2. The molecule has 1 unspecified atom stereocenters. The first-order valence-electron chi connectivity index (χ1n) is 10.3. The minimum atomic E-state index is 0.0293. The lowest BCUT2D eigenvalue weighted by Gasteiger charge is -2.34. The molecule has 0 bridgehead atoms. The molecule has 2 saturated heterocycles. The third-order valence-corrected chi connectivity index (χ3v) is 6.08. The summed E-state index contributed by atoms with van der Waals surface area (Å²) >= 11 is 0. The molecule has 2 aliphatic heterocycles. The van der Waals surface area contributed by atoms with Gasteiger partial charge in [-0.25, -0.2) is 0 Å². The van der Waals surface area contributed by atoms with E-state index >= 15 is 0 Å². The van der Waals surface area contributed by atoms with E-state index in [-0.39, 0.29) is 23.8 Å². The van der Waals surface area contributed by atoms with Crippen LogP contribution in [0.2, 0.25) is 0 Å². The zero-order chi connectivity index (χ0) is 19.3. The van der Waals surface area contributed by atoms with E-state index in [0.717, 1.165) is 44.3 Å². The summed E-state index contributed by atoms with van der Waals surface area (Å²) in [6, 6.07) is 12.2. The Bertz CT molecular complexity index is 782. The molecule has 1 aromatic carbocycles. The topological polar surface area (TPSA) is 69.3 Å². The molecule has 2 aromatic rings. The van der Waals surface area contributed by atoms with Crippen LogP contribution >= 0.6 is 0 Å². The maximum atomic E-state index is 13.1. The van der Waals surface area contributed by atoms with Crippen LogP contribution in [0.3, 0.4) is 0 Å². The van der Waals surface area contributed by atoms with Gasteiger partial charge in [-0.15, -0.1) is 0 Å². The van der Waals surface area contributed by atoms with Gasteiger partial charge in [-0.3, -0.25) is 14.7 Å². The van der Waals surface area contributed by atoms with Gasteiger partial charge in [0.25, 0.3) is 0 Å². The van der Waals surface area contributed by atoms with Crippen molar-refractivity contribution in [1.29, 1.82) is 0 Å². The SMILES string of the molecule is O=C(CCc1ccccc1)N1CCC(C(=O)N2CCCC2c2ccn[nH]2)CC1. The Labute approximate surface area is 165 Å². The molecule has 1 aromatic heterocycles. The summed E-state index contributed by atoms with van der Waals surface area (Å²) in [6.45, 7) is 2.19. The average Bonchev–Trinajstić information content (AvgIpc) is 3.44. The normalized spacial score (nSPS) is 20.5. The van der Waals surface area contributed by atoms with Crippen LogP contribution in [0.25, 0.3) is 0 Å². The number of aromatic nitrogens is 2. The van der Waals surface area contributed by atoms with Gasteiger partial charge in [0.1, 0.15) is 0 Å². The van der Waals surface area contributed by atoms with Gasteiger partial charge < -0.3 is 9.80 Å². The van der Waals surface area contributed by atoms with Crippen molar-refractivity contribution in [3.63, 3.8) is 0 Å².